The van der Waals surface area contributed by atoms with Crippen LogP contribution in [0.15, 0.2) is 48.5 Å². The number of alkyl halides is 2. The molecule has 25 heavy (non-hydrogen) atoms. The number of thiocarbonyl (C=S) groups is 1. The van der Waals surface area contributed by atoms with Crippen molar-refractivity contribution < 1.29 is 23.0 Å². The van der Waals surface area contributed by atoms with Gasteiger partial charge in [-0.05, 0) is 48.6 Å². The summed E-state index contributed by atoms with van der Waals surface area (Å²) in [6, 6.07) is 13.5. The molecule has 0 saturated carbocycles. The number of nitrogens with one attached hydrogen (secondary N) is 2. The van der Waals surface area contributed by atoms with E-state index in [-0.39, 0.29) is 11.9 Å². The Labute approximate surface area is 148 Å². The first-order chi connectivity index (χ1) is 12.1. The molecule has 1 aliphatic heterocycles. The zero-order valence-electron chi connectivity index (χ0n) is 13.1. The number of anilines is 1. The van der Waals surface area contributed by atoms with Crippen LogP contribution >= 0.6 is 12.2 Å². The lowest BCUT2D eigenvalue weighted by Gasteiger charge is -2.27. The molecule has 0 fully saturated rings. The van der Waals surface area contributed by atoms with Crippen LogP contribution in [0.1, 0.15) is 0 Å². The first kappa shape index (κ1) is 17.2. The largest absolute Gasteiger partial charge is 0.486 e. The Bertz CT molecular complexity index is 728. The highest BCUT2D eigenvalue weighted by Gasteiger charge is 2.20. The first-order valence-corrected chi connectivity index (χ1v) is 7.99. The van der Waals surface area contributed by atoms with Crippen LogP contribution in [-0.4, -0.2) is 31.0 Å². The molecule has 2 N–H and O–H groups in total. The third-order valence-electron chi connectivity index (χ3n) is 3.40. The number of para-hydroxylation sites is 2. The Kier molecular flexibility index (Phi) is 5.49. The monoisotopic (exact) mass is 366 g/mol. The van der Waals surface area contributed by atoms with Gasteiger partial charge in [-0.1, -0.05) is 12.1 Å². The molecule has 0 saturated heterocycles. The summed E-state index contributed by atoms with van der Waals surface area (Å²) >= 11 is 5.22. The van der Waals surface area contributed by atoms with E-state index in [0.29, 0.717) is 29.7 Å². The molecule has 0 amide bonds. The zero-order valence-corrected chi connectivity index (χ0v) is 13.9. The van der Waals surface area contributed by atoms with E-state index in [2.05, 4.69) is 15.4 Å². The molecular formula is C17H16F2N2O3S. The molecule has 1 aliphatic rings. The van der Waals surface area contributed by atoms with Gasteiger partial charge in [-0.25, -0.2) is 0 Å². The van der Waals surface area contributed by atoms with Crippen molar-refractivity contribution in [3.05, 3.63) is 48.5 Å². The zero-order chi connectivity index (χ0) is 17.6. The third kappa shape index (κ3) is 4.93. The van der Waals surface area contributed by atoms with Crippen LogP contribution < -0.4 is 24.8 Å². The standard InChI is InChI=1S/C17H16F2N2O3S/c18-16(19)24-12-7-5-11(6-8-12)21-17(25)20-9-13-10-22-14-3-1-2-4-15(14)23-13/h1-8,13,16H,9-10H2,(H2,20,21,25)/t13-/m1/s1. The van der Waals surface area contributed by atoms with Crippen molar-refractivity contribution in [2.24, 2.45) is 0 Å². The lowest BCUT2D eigenvalue weighted by atomic mass is 10.2. The summed E-state index contributed by atoms with van der Waals surface area (Å²) < 4.78 is 40.0. The van der Waals surface area contributed by atoms with Gasteiger partial charge in [0.05, 0.1) is 6.54 Å². The first-order valence-electron chi connectivity index (χ1n) is 7.58. The normalized spacial score (nSPS) is 15.6. The van der Waals surface area contributed by atoms with Gasteiger partial charge < -0.3 is 24.8 Å². The maximum atomic E-state index is 12.1. The molecule has 132 valence electrons. The predicted octanol–water partition coefficient (Wildman–Crippen LogP) is 3.41. The summed E-state index contributed by atoms with van der Waals surface area (Å²) in [5.74, 6) is 1.52. The number of hydrogen-bond acceptors (Lipinski definition) is 4. The van der Waals surface area contributed by atoms with E-state index in [9.17, 15) is 8.78 Å². The van der Waals surface area contributed by atoms with Gasteiger partial charge in [-0.15, -0.1) is 0 Å². The van der Waals surface area contributed by atoms with Crippen molar-refractivity contribution >= 4 is 23.0 Å². The molecule has 5 nitrogen and oxygen atoms in total. The maximum Gasteiger partial charge on any atom is 0.387 e. The van der Waals surface area contributed by atoms with Gasteiger partial charge in [-0.2, -0.15) is 8.78 Å². The van der Waals surface area contributed by atoms with Crippen LogP contribution in [0, 0.1) is 0 Å². The van der Waals surface area contributed by atoms with E-state index >= 15 is 0 Å². The maximum absolute atomic E-state index is 12.1. The van der Waals surface area contributed by atoms with Crippen LogP contribution in [-0.2, 0) is 0 Å². The van der Waals surface area contributed by atoms with Gasteiger partial charge in [0.15, 0.2) is 16.6 Å². The quantitative estimate of drug-likeness (QED) is 0.791. The molecule has 0 bridgehead atoms. The smallest absolute Gasteiger partial charge is 0.387 e. The molecule has 1 heterocycles. The fourth-order valence-electron chi connectivity index (χ4n) is 2.27. The molecule has 0 spiro atoms. The fourth-order valence-corrected chi connectivity index (χ4v) is 2.47. The lowest BCUT2D eigenvalue weighted by molar-refractivity contribution is -0.0498. The molecule has 0 radical (unpaired) electrons. The van der Waals surface area contributed by atoms with Gasteiger partial charge in [0.25, 0.3) is 0 Å². The molecule has 0 unspecified atom stereocenters. The second-order valence-electron chi connectivity index (χ2n) is 5.24. The molecular weight excluding hydrogens is 350 g/mol. The van der Waals surface area contributed by atoms with Crippen molar-refractivity contribution in [2.75, 3.05) is 18.5 Å². The minimum atomic E-state index is -2.84. The van der Waals surface area contributed by atoms with Gasteiger partial charge in [0, 0.05) is 5.69 Å². The Morgan fingerprint density at radius 2 is 1.88 bits per heavy atom. The fraction of sp³-hybridized carbons (Fsp3) is 0.235. The molecule has 0 aromatic heterocycles. The van der Waals surface area contributed by atoms with E-state index in [1.807, 2.05) is 24.3 Å². The summed E-state index contributed by atoms with van der Waals surface area (Å²) in [5, 5.41) is 6.40. The minimum absolute atomic E-state index is 0.0887. The highest BCUT2D eigenvalue weighted by molar-refractivity contribution is 7.80. The average molecular weight is 366 g/mol. The van der Waals surface area contributed by atoms with E-state index in [1.165, 1.54) is 12.1 Å². The summed E-state index contributed by atoms with van der Waals surface area (Å²) in [7, 11) is 0. The third-order valence-corrected chi connectivity index (χ3v) is 3.64. The number of halogens is 2. The van der Waals surface area contributed by atoms with Crippen LogP contribution in [0.25, 0.3) is 0 Å². The minimum Gasteiger partial charge on any atom is -0.486 e. The van der Waals surface area contributed by atoms with Gasteiger partial charge >= 0.3 is 6.61 Å². The molecule has 8 heteroatoms. The number of ether oxygens (including phenoxy) is 3. The van der Waals surface area contributed by atoms with E-state index in [1.54, 1.807) is 12.1 Å². The Balaban J connectivity index is 1.45. The average Bonchev–Trinajstić information content (AvgIpc) is 2.61. The molecule has 0 aliphatic carbocycles. The molecule has 2 aromatic rings. The van der Waals surface area contributed by atoms with Gasteiger partial charge in [0.1, 0.15) is 18.5 Å². The van der Waals surface area contributed by atoms with Crippen molar-refractivity contribution in [2.45, 2.75) is 12.7 Å². The summed E-state index contributed by atoms with van der Waals surface area (Å²) in [5.41, 5.74) is 0.658. The topological polar surface area (TPSA) is 51.8 Å². The van der Waals surface area contributed by atoms with Crippen molar-refractivity contribution in [1.29, 1.82) is 0 Å². The highest BCUT2D eigenvalue weighted by Crippen LogP contribution is 2.30. The highest BCUT2D eigenvalue weighted by atomic mass is 32.1. The summed E-state index contributed by atoms with van der Waals surface area (Å²) in [6.07, 6.45) is -0.170. The molecule has 3 rings (SSSR count). The van der Waals surface area contributed by atoms with Crippen LogP contribution in [0.4, 0.5) is 14.5 Å². The number of benzene rings is 2. The van der Waals surface area contributed by atoms with Crippen molar-refractivity contribution in [3.63, 3.8) is 0 Å². The SMILES string of the molecule is FC(F)Oc1ccc(NC(=S)NC[C@@H]2COc3ccccc3O2)cc1. The lowest BCUT2D eigenvalue weighted by Crippen LogP contribution is -2.42. The summed E-state index contributed by atoms with van der Waals surface area (Å²) in [6.45, 7) is -1.96. The molecule has 2 aromatic carbocycles. The van der Waals surface area contributed by atoms with Gasteiger partial charge in [0.2, 0.25) is 0 Å². The van der Waals surface area contributed by atoms with E-state index < -0.39 is 6.61 Å². The number of hydrogen-bond donors (Lipinski definition) is 2. The number of fused-ring (bicyclic) bond motifs is 1. The van der Waals surface area contributed by atoms with E-state index in [0.717, 1.165) is 5.75 Å². The Morgan fingerprint density at radius 1 is 1.16 bits per heavy atom. The Morgan fingerprint density at radius 3 is 2.60 bits per heavy atom. The van der Waals surface area contributed by atoms with Crippen molar-refractivity contribution in [3.8, 4) is 17.2 Å². The van der Waals surface area contributed by atoms with E-state index in [4.69, 9.17) is 21.7 Å². The van der Waals surface area contributed by atoms with Gasteiger partial charge in [-0.3, -0.25) is 0 Å². The summed E-state index contributed by atoms with van der Waals surface area (Å²) in [4.78, 5) is 0. The second kappa shape index (κ2) is 7.98. The predicted molar refractivity (Wildman–Crippen MR) is 93.7 cm³/mol. The second-order valence-corrected chi connectivity index (χ2v) is 5.64. The van der Waals surface area contributed by atoms with Crippen molar-refractivity contribution in [1.82, 2.24) is 5.32 Å². The van der Waals surface area contributed by atoms with Crippen LogP contribution in [0.5, 0.6) is 17.2 Å². The Hall–Kier alpha value is -2.61. The van der Waals surface area contributed by atoms with Crippen LogP contribution in [0.2, 0.25) is 0 Å². The number of rotatable bonds is 5. The van der Waals surface area contributed by atoms with Crippen LogP contribution in [0.3, 0.4) is 0 Å². The molecule has 1 atom stereocenters.